The number of aromatic nitrogens is 1. The molecule has 1 atom stereocenters. The highest BCUT2D eigenvalue weighted by Gasteiger charge is 2.28. The van der Waals surface area contributed by atoms with Gasteiger partial charge in [-0.15, -0.1) is 11.3 Å². The van der Waals surface area contributed by atoms with Crippen LogP contribution < -0.4 is 10.6 Å². The summed E-state index contributed by atoms with van der Waals surface area (Å²) < 4.78 is 1.16. The van der Waals surface area contributed by atoms with Gasteiger partial charge in [0.25, 0.3) is 0 Å². The highest BCUT2D eigenvalue weighted by Crippen LogP contribution is 2.22. The van der Waals surface area contributed by atoms with Crippen molar-refractivity contribution >= 4 is 27.5 Å². The highest BCUT2D eigenvalue weighted by molar-refractivity contribution is 7.18. The number of rotatable bonds is 5. The summed E-state index contributed by atoms with van der Waals surface area (Å²) in [4.78, 5) is 16.6. The van der Waals surface area contributed by atoms with Crippen LogP contribution in [-0.4, -0.2) is 41.2 Å². The van der Waals surface area contributed by atoms with Gasteiger partial charge >= 0.3 is 0 Å². The van der Waals surface area contributed by atoms with E-state index in [1.165, 1.54) is 0 Å². The Morgan fingerprint density at radius 3 is 3.09 bits per heavy atom. The number of carbonyl (C=O) groups is 1. The molecule has 1 amide bonds. The van der Waals surface area contributed by atoms with Gasteiger partial charge in [0, 0.05) is 19.4 Å². The van der Waals surface area contributed by atoms with E-state index in [1.807, 2.05) is 24.3 Å². The zero-order chi connectivity index (χ0) is 16.1. The normalized spacial score (nSPS) is 22.0. The molecule has 2 heterocycles. The van der Waals surface area contributed by atoms with Crippen LogP contribution in [0.2, 0.25) is 0 Å². The standard InChI is InChI=1S/C17H23N3O2S/c21-15(19-12-17(22)8-3-10-18-11-9-17)6-7-16-20-13-4-1-2-5-14(13)23-16/h1-2,4-5,18,22H,3,6-12H2,(H,19,21). The van der Waals surface area contributed by atoms with E-state index in [1.54, 1.807) is 11.3 Å². The molecule has 23 heavy (non-hydrogen) atoms. The summed E-state index contributed by atoms with van der Waals surface area (Å²) in [6.45, 7) is 2.08. The number of nitrogens with zero attached hydrogens (tertiary/aromatic N) is 1. The average Bonchev–Trinajstić information content (AvgIpc) is 2.85. The van der Waals surface area contributed by atoms with Crippen molar-refractivity contribution in [2.45, 2.75) is 37.7 Å². The van der Waals surface area contributed by atoms with Gasteiger partial charge in [-0.25, -0.2) is 4.98 Å². The molecule has 1 unspecified atom stereocenters. The minimum absolute atomic E-state index is 0.0186. The molecule has 0 radical (unpaired) electrons. The SMILES string of the molecule is O=C(CCc1nc2ccccc2s1)NCC1(O)CCCNCC1. The molecule has 0 bridgehead atoms. The topological polar surface area (TPSA) is 74.2 Å². The first-order valence-electron chi connectivity index (χ1n) is 8.19. The molecule has 0 aliphatic carbocycles. The van der Waals surface area contributed by atoms with Crippen molar-refractivity contribution < 1.29 is 9.90 Å². The second kappa shape index (κ2) is 7.38. The largest absolute Gasteiger partial charge is 0.388 e. The summed E-state index contributed by atoms with van der Waals surface area (Å²) in [5, 5.41) is 17.7. The summed E-state index contributed by atoms with van der Waals surface area (Å²) in [7, 11) is 0. The smallest absolute Gasteiger partial charge is 0.220 e. The van der Waals surface area contributed by atoms with Gasteiger partial charge in [0.05, 0.1) is 20.8 Å². The van der Waals surface area contributed by atoms with E-state index in [-0.39, 0.29) is 5.91 Å². The number of aliphatic hydroxyl groups is 1. The number of thiazole rings is 1. The van der Waals surface area contributed by atoms with Crippen molar-refractivity contribution in [1.29, 1.82) is 0 Å². The predicted octanol–water partition coefficient (Wildman–Crippen LogP) is 1.85. The Hall–Kier alpha value is -1.50. The molecular formula is C17H23N3O2S. The van der Waals surface area contributed by atoms with Crippen LogP contribution in [0.5, 0.6) is 0 Å². The number of hydrogen-bond acceptors (Lipinski definition) is 5. The highest BCUT2D eigenvalue weighted by atomic mass is 32.1. The molecule has 1 fully saturated rings. The lowest BCUT2D eigenvalue weighted by atomic mass is 9.95. The lowest BCUT2D eigenvalue weighted by molar-refractivity contribution is -0.122. The fourth-order valence-electron chi connectivity index (χ4n) is 2.89. The minimum atomic E-state index is -0.769. The molecule has 0 spiro atoms. The van der Waals surface area contributed by atoms with Crippen molar-refractivity contribution in [2.75, 3.05) is 19.6 Å². The number of hydrogen-bond donors (Lipinski definition) is 3. The average molecular weight is 333 g/mol. The van der Waals surface area contributed by atoms with Crippen molar-refractivity contribution in [3.8, 4) is 0 Å². The molecule has 1 aliphatic heterocycles. The third-order valence-corrected chi connectivity index (χ3v) is 5.38. The molecule has 1 saturated heterocycles. The number of amides is 1. The lowest BCUT2D eigenvalue weighted by Crippen LogP contribution is -2.43. The summed E-state index contributed by atoms with van der Waals surface area (Å²) in [6.07, 6.45) is 3.42. The van der Waals surface area contributed by atoms with Gasteiger partial charge in [-0.3, -0.25) is 4.79 Å². The Balaban J connectivity index is 1.47. The summed E-state index contributed by atoms with van der Waals surface area (Å²) in [5.41, 5.74) is 0.225. The number of benzene rings is 1. The van der Waals surface area contributed by atoms with Crippen molar-refractivity contribution in [3.05, 3.63) is 29.3 Å². The zero-order valence-electron chi connectivity index (χ0n) is 13.2. The van der Waals surface area contributed by atoms with E-state index in [0.717, 1.165) is 41.2 Å². The maximum atomic E-state index is 12.0. The minimum Gasteiger partial charge on any atom is -0.388 e. The van der Waals surface area contributed by atoms with E-state index in [2.05, 4.69) is 15.6 Å². The van der Waals surface area contributed by atoms with Gasteiger partial charge in [-0.1, -0.05) is 12.1 Å². The number of para-hydroxylation sites is 1. The van der Waals surface area contributed by atoms with Gasteiger partial charge in [-0.05, 0) is 44.5 Å². The molecule has 3 N–H and O–H groups in total. The van der Waals surface area contributed by atoms with Crippen LogP contribution in [0.4, 0.5) is 0 Å². The van der Waals surface area contributed by atoms with Crippen molar-refractivity contribution in [2.24, 2.45) is 0 Å². The third-order valence-electron chi connectivity index (χ3n) is 4.28. The van der Waals surface area contributed by atoms with Gasteiger partial charge in [0.1, 0.15) is 0 Å². The molecule has 1 aromatic carbocycles. The second-order valence-electron chi connectivity index (χ2n) is 6.18. The number of carbonyl (C=O) groups excluding carboxylic acids is 1. The van der Waals surface area contributed by atoms with Crippen molar-refractivity contribution in [3.63, 3.8) is 0 Å². The number of fused-ring (bicyclic) bond motifs is 1. The van der Waals surface area contributed by atoms with E-state index in [0.29, 0.717) is 25.8 Å². The van der Waals surface area contributed by atoms with Crippen LogP contribution in [0.15, 0.2) is 24.3 Å². The fraction of sp³-hybridized carbons (Fsp3) is 0.529. The molecule has 5 nitrogen and oxygen atoms in total. The van der Waals surface area contributed by atoms with Gasteiger partial charge in [-0.2, -0.15) is 0 Å². The van der Waals surface area contributed by atoms with Crippen LogP contribution in [0.25, 0.3) is 10.2 Å². The monoisotopic (exact) mass is 333 g/mol. The van der Waals surface area contributed by atoms with Gasteiger partial charge in [0.15, 0.2) is 0 Å². The first kappa shape index (κ1) is 16.4. The Bertz CT molecular complexity index is 630. The Morgan fingerprint density at radius 1 is 1.35 bits per heavy atom. The van der Waals surface area contributed by atoms with Crippen LogP contribution >= 0.6 is 11.3 Å². The predicted molar refractivity (Wildman–Crippen MR) is 92.6 cm³/mol. The molecule has 3 rings (SSSR count). The molecule has 1 aliphatic rings. The van der Waals surface area contributed by atoms with Crippen molar-refractivity contribution in [1.82, 2.24) is 15.6 Å². The lowest BCUT2D eigenvalue weighted by Gasteiger charge is -2.26. The quantitative estimate of drug-likeness (QED) is 0.781. The van der Waals surface area contributed by atoms with Crippen LogP contribution in [0, 0.1) is 0 Å². The number of aryl methyl sites for hydroxylation is 1. The maximum absolute atomic E-state index is 12.0. The molecular weight excluding hydrogens is 310 g/mol. The maximum Gasteiger partial charge on any atom is 0.220 e. The molecule has 6 heteroatoms. The summed E-state index contributed by atoms with van der Waals surface area (Å²) >= 11 is 1.64. The van der Waals surface area contributed by atoms with Crippen LogP contribution in [0.1, 0.15) is 30.7 Å². The zero-order valence-corrected chi connectivity index (χ0v) is 14.0. The van der Waals surface area contributed by atoms with Crippen LogP contribution in [-0.2, 0) is 11.2 Å². The molecule has 124 valence electrons. The number of nitrogens with one attached hydrogen (secondary N) is 2. The molecule has 1 aromatic heterocycles. The first-order chi connectivity index (χ1) is 11.1. The fourth-order valence-corrected chi connectivity index (χ4v) is 3.86. The van der Waals surface area contributed by atoms with Gasteiger partial charge < -0.3 is 15.7 Å². The van der Waals surface area contributed by atoms with Gasteiger partial charge in [0.2, 0.25) is 5.91 Å². The Morgan fingerprint density at radius 2 is 2.22 bits per heavy atom. The molecule has 0 saturated carbocycles. The summed E-state index contributed by atoms with van der Waals surface area (Å²) in [6, 6.07) is 8.01. The molecule has 2 aromatic rings. The summed E-state index contributed by atoms with van der Waals surface area (Å²) in [5.74, 6) is -0.0186. The first-order valence-corrected chi connectivity index (χ1v) is 9.01. The Labute approximate surface area is 140 Å². The Kier molecular flexibility index (Phi) is 5.25. The van der Waals surface area contributed by atoms with E-state index < -0.39 is 5.60 Å². The van der Waals surface area contributed by atoms with E-state index >= 15 is 0 Å². The van der Waals surface area contributed by atoms with E-state index in [4.69, 9.17) is 0 Å². The van der Waals surface area contributed by atoms with E-state index in [9.17, 15) is 9.90 Å². The van der Waals surface area contributed by atoms with Crippen LogP contribution in [0.3, 0.4) is 0 Å². The second-order valence-corrected chi connectivity index (χ2v) is 7.30. The third kappa shape index (κ3) is 4.50.